The van der Waals surface area contributed by atoms with Gasteiger partial charge in [-0.05, 0) is 5.56 Å². The molecule has 0 radical (unpaired) electrons. The molecule has 2 atom stereocenters. The van der Waals surface area contributed by atoms with E-state index in [-0.39, 0.29) is 0 Å². The fraction of sp³-hybridized carbons (Fsp3) is 0.273. The number of carbonyl (C=O) groups is 2. The number of ketones is 1. The van der Waals surface area contributed by atoms with Crippen LogP contribution in [-0.2, 0) is 9.59 Å². The third kappa shape index (κ3) is 2.63. The summed E-state index contributed by atoms with van der Waals surface area (Å²) in [4.78, 5) is 22.1. The number of hydrogen-bond donors (Lipinski definition) is 2. The van der Waals surface area contributed by atoms with Gasteiger partial charge in [0.2, 0.25) is 0 Å². The summed E-state index contributed by atoms with van der Waals surface area (Å²) in [7, 11) is 0. The minimum atomic E-state index is -1.44. The number of nitrogens with two attached hydrogens (primary N) is 1. The smallest absolute Gasteiger partial charge is 0.328 e. The molecule has 0 amide bonds. The quantitative estimate of drug-likeness (QED) is 0.714. The van der Waals surface area contributed by atoms with Gasteiger partial charge in [-0.2, -0.15) is 0 Å². The van der Waals surface area contributed by atoms with Gasteiger partial charge in [0.1, 0.15) is 0 Å². The van der Waals surface area contributed by atoms with Crippen LogP contribution >= 0.6 is 0 Å². The molecule has 4 heteroatoms. The Hall–Kier alpha value is -1.68. The lowest BCUT2D eigenvalue weighted by Gasteiger charge is -2.13. The molecule has 0 aliphatic rings. The van der Waals surface area contributed by atoms with Gasteiger partial charge in [0.05, 0.1) is 0 Å². The van der Waals surface area contributed by atoms with E-state index in [0.29, 0.717) is 0 Å². The fourth-order valence-electron chi connectivity index (χ4n) is 1.30. The molecular weight excluding hydrogens is 194 g/mol. The van der Waals surface area contributed by atoms with E-state index < -0.39 is 23.7 Å². The molecule has 0 aliphatic heterocycles. The fourth-order valence-corrected chi connectivity index (χ4v) is 1.30. The summed E-state index contributed by atoms with van der Waals surface area (Å²) in [5, 5.41) is 8.60. The van der Waals surface area contributed by atoms with Crippen LogP contribution in [-0.4, -0.2) is 22.9 Å². The van der Waals surface area contributed by atoms with Gasteiger partial charge >= 0.3 is 5.97 Å². The van der Waals surface area contributed by atoms with Crippen molar-refractivity contribution >= 4 is 11.8 Å². The lowest BCUT2D eigenvalue weighted by Crippen LogP contribution is -2.40. The van der Waals surface area contributed by atoms with E-state index in [4.69, 9.17) is 10.8 Å². The summed E-state index contributed by atoms with van der Waals surface area (Å²) < 4.78 is 0. The van der Waals surface area contributed by atoms with Crippen LogP contribution in [0, 0.1) is 0 Å². The van der Waals surface area contributed by atoms with Crippen molar-refractivity contribution in [1.29, 1.82) is 0 Å². The zero-order chi connectivity index (χ0) is 11.4. The minimum absolute atomic E-state index is 0.478. The van der Waals surface area contributed by atoms with Crippen LogP contribution in [0.1, 0.15) is 18.4 Å². The number of Topliss-reactive ketones (excluding diaryl/α,β-unsaturated/α-hetero) is 1. The van der Waals surface area contributed by atoms with E-state index in [0.717, 1.165) is 5.56 Å². The average molecular weight is 207 g/mol. The highest BCUT2D eigenvalue weighted by Crippen LogP contribution is 2.16. The Morgan fingerprint density at radius 3 is 2.27 bits per heavy atom. The SMILES string of the molecule is CC(C(=O)C(N)C(=O)O)c1ccccc1. The van der Waals surface area contributed by atoms with Crippen LogP contribution in [0.3, 0.4) is 0 Å². The van der Waals surface area contributed by atoms with Crippen molar-refractivity contribution in [2.45, 2.75) is 18.9 Å². The Bertz CT molecular complexity index is 361. The number of carboxylic acids is 1. The monoisotopic (exact) mass is 207 g/mol. The maximum Gasteiger partial charge on any atom is 0.328 e. The first-order valence-electron chi connectivity index (χ1n) is 4.61. The zero-order valence-electron chi connectivity index (χ0n) is 8.38. The Morgan fingerprint density at radius 1 is 1.27 bits per heavy atom. The molecule has 1 aromatic rings. The molecule has 1 rings (SSSR count). The summed E-state index contributed by atoms with van der Waals surface area (Å²) in [6.45, 7) is 1.65. The molecule has 1 aromatic carbocycles. The summed E-state index contributed by atoms with van der Waals surface area (Å²) in [5.74, 6) is -2.26. The third-order valence-electron chi connectivity index (χ3n) is 2.30. The summed E-state index contributed by atoms with van der Waals surface area (Å²) in [5.41, 5.74) is 6.03. The van der Waals surface area contributed by atoms with Gasteiger partial charge in [0.15, 0.2) is 11.8 Å². The van der Waals surface area contributed by atoms with Crippen LogP contribution in [0.25, 0.3) is 0 Å². The number of carbonyl (C=O) groups excluding carboxylic acids is 1. The summed E-state index contributed by atoms with van der Waals surface area (Å²) >= 11 is 0. The van der Waals surface area contributed by atoms with E-state index in [2.05, 4.69) is 0 Å². The Balaban J connectivity index is 2.82. The average Bonchev–Trinajstić information content (AvgIpc) is 2.27. The topological polar surface area (TPSA) is 80.4 Å². The number of benzene rings is 1. The molecule has 0 fully saturated rings. The van der Waals surface area contributed by atoms with Crippen LogP contribution in [0.5, 0.6) is 0 Å². The molecule has 0 spiro atoms. The van der Waals surface area contributed by atoms with Crippen LogP contribution in [0.15, 0.2) is 30.3 Å². The van der Waals surface area contributed by atoms with Crippen LogP contribution in [0.2, 0.25) is 0 Å². The second-order valence-electron chi connectivity index (χ2n) is 3.35. The van der Waals surface area contributed by atoms with Gasteiger partial charge in [0, 0.05) is 5.92 Å². The van der Waals surface area contributed by atoms with E-state index in [9.17, 15) is 9.59 Å². The minimum Gasteiger partial charge on any atom is -0.480 e. The van der Waals surface area contributed by atoms with Crippen molar-refractivity contribution in [2.24, 2.45) is 5.73 Å². The van der Waals surface area contributed by atoms with Gasteiger partial charge in [0.25, 0.3) is 0 Å². The third-order valence-corrected chi connectivity index (χ3v) is 2.30. The molecule has 0 heterocycles. The van der Waals surface area contributed by atoms with Gasteiger partial charge in [-0.25, -0.2) is 0 Å². The molecule has 0 aliphatic carbocycles. The maximum atomic E-state index is 11.6. The zero-order valence-corrected chi connectivity index (χ0v) is 8.38. The predicted octanol–water partition coefficient (Wildman–Crippen LogP) is 0.771. The number of rotatable bonds is 4. The molecule has 0 aromatic heterocycles. The molecule has 0 saturated carbocycles. The number of hydrogen-bond acceptors (Lipinski definition) is 3. The lowest BCUT2D eigenvalue weighted by atomic mass is 9.93. The van der Waals surface area contributed by atoms with Crippen molar-refractivity contribution in [2.75, 3.05) is 0 Å². The first-order valence-corrected chi connectivity index (χ1v) is 4.61. The van der Waals surface area contributed by atoms with Crippen molar-refractivity contribution in [3.63, 3.8) is 0 Å². The molecule has 2 unspecified atom stereocenters. The highest BCUT2D eigenvalue weighted by molar-refractivity contribution is 6.05. The highest BCUT2D eigenvalue weighted by Gasteiger charge is 2.26. The predicted molar refractivity (Wildman–Crippen MR) is 55.5 cm³/mol. The first kappa shape index (κ1) is 11.4. The van der Waals surface area contributed by atoms with Gasteiger partial charge in [-0.3, -0.25) is 9.59 Å². The number of carboxylic acid groups (broad SMARTS) is 1. The van der Waals surface area contributed by atoms with Gasteiger partial charge in [-0.1, -0.05) is 37.3 Å². The molecule has 4 nitrogen and oxygen atoms in total. The van der Waals surface area contributed by atoms with E-state index in [1.54, 1.807) is 31.2 Å². The number of aliphatic carboxylic acids is 1. The molecule has 0 bridgehead atoms. The molecular formula is C11H13NO3. The lowest BCUT2D eigenvalue weighted by molar-refractivity contribution is -0.142. The Kier molecular flexibility index (Phi) is 3.57. The van der Waals surface area contributed by atoms with Crippen molar-refractivity contribution in [1.82, 2.24) is 0 Å². The van der Waals surface area contributed by atoms with Crippen molar-refractivity contribution < 1.29 is 14.7 Å². The molecule has 0 saturated heterocycles. The Morgan fingerprint density at radius 2 is 1.80 bits per heavy atom. The molecule has 15 heavy (non-hydrogen) atoms. The summed E-state index contributed by atoms with van der Waals surface area (Å²) in [6, 6.07) is 7.53. The standard InChI is InChI=1S/C11H13NO3/c1-7(8-5-3-2-4-6-8)10(13)9(12)11(14)15/h2-7,9H,12H2,1H3,(H,14,15). The van der Waals surface area contributed by atoms with Gasteiger partial charge < -0.3 is 10.8 Å². The largest absolute Gasteiger partial charge is 0.480 e. The Labute approximate surface area is 87.7 Å². The van der Waals surface area contributed by atoms with Crippen LogP contribution < -0.4 is 5.73 Å². The van der Waals surface area contributed by atoms with Gasteiger partial charge in [-0.15, -0.1) is 0 Å². The second-order valence-corrected chi connectivity index (χ2v) is 3.35. The maximum absolute atomic E-state index is 11.6. The molecule has 80 valence electrons. The van der Waals surface area contributed by atoms with E-state index in [1.807, 2.05) is 6.07 Å². The van der Waals surface area contributed by atoms with Crippen molar-refractivity contribution in [3.8, 4) is 0 Å². The highest BCUT2D eigenvalue weighted by atomic mass is 16.4. The van der Waals surface area contributed by atoms with Crippen LogP contribution in [0.4, 0.5) is 0 Å². The van der Waals surface area contributed by atoms with E-state index >= 15 is 0 Å². The molecule has 3 N–H and O–H groups in total. The van der Waals surface area contributed by atoms with E-state index in [1.165, 1.54) is 0 Å². The second kappa shape index (κ2) is 4.70. The first-order chi connectivity index (χ1) is 7.04. The summed E-state index contributed by atoms with van der Waals surface area (Å²) in [6.07, 6.45) is 0. The normalized spacial score (nSPS) is 14.3. The van der Waals surface area contributed by atoms with Crippen molar-refractivity contribution in [3.05, 3.63) is 35.9 Å².